The minimum Gasteiger partial charge on any atom is -0.460 e. The summed E-state index contributed by atoms with van der Waals surface area (Å²) < 4.78 is 17.2. The summed E-state index contributed by atoms with van der Waals surface area (Å²) in [6.07, 6.45) is -1.65. The first kappa shape index (κ1) is 35.6. The Morgan fingerprint density at radius 3 is 2.34 bits per heavy atom. The second-order valence-electron chi connectivity index (χ2n) is 11.1. The third-order valence-corrected chi connectivity index (χ3v) is 5.19. The Kier molecular flexibility index (Phi) is 13.4. The van der Waals surface area contributed by atoms with E-state index in [1.165, 1.54) is 6.20 Å². The summed E-state index contributed by atoms with van der Waals surface area (Å²) in [5.41, 5.74) is 3.73. The van der Waals surface area contributed by atoms with Crippen LogP contribution in [0.3, 0.4) is 0 Å². The summed E-state index contributed by atoms with van der Waals surface area (Å²) >= 11 is 0. The molecule has 0 aromatic carbocycles. The Morgan fingerprint density at radius 2 is 1.80 bits per heavy atom. The summed E-state index contributed by atoms with van der Waals surface area (Å²) in [6, 6.07) is -1.24. The molecular weight excluding hydrogens is 536 g/mol. The molecule has 2 heterocycles. The first-order valence-corrected chi connectivity index (χ1v) is 13.5. The van der Waals surface area contributed by atoms with Gasteiger partial charge in [0, 0.05) is 25.5 Å². The lowest BCUT2D eigenvalue weighted by Crippen LogP contribution is -2.46. The molecule has 5 N–H and O–H groups in total. The maximum Gasteiger partial charge on any atom is 0.351 e. The van der Waals surface area contributed by atoms with E-state index < -0.39 is 72.2 Å². The van der Waals surface area contributed by atoms with E-state index >= 15 is 0 Å². The molecule has 0 saturated carbocycles. The van der Waals surface area contributed by atoms with Gasteiger partial charge in [0.15, 0.2) is 0 Å². The van der Waals surface area contributed by atoms with Crippen molar-refractivity contribution in [1.82, 2.24) is 14.9 Å². The summed E-state index contributed by atoms with van der Waals surface area (Å²) in [7, 11) is 0. The van der Waals surface area contributed by atoms with Crippen LogP contribution in [0.2, 0.25) is 0 Å². The number of ether oxygens (including phenoxy) is 3. The van der Waals surface area contributed by atoms with Crippen molar-refractivity contribution in [2.45, 2.75) is 117 Å². The van der Waals surface area contributed by atoms with Crippen molar-refractivity contribution >= 4 is 23.7 Å². The molecule has 0 spiro atoms. The van der Waals surface area contributed by atoms with Crippen molar-refractivity contribution in [1.29, 1.82) is 0 Å². The van der Waals surface area contributed by atoms with Crippen molar-refractivity contribution in [2.75, 3.05) is 12.3 Å². The van der Waals surface area contributed by atoms with E-state index in [-0.39, 0.29) is 30.6 Å². The van der Waals surface area contributed by atoms with Crippen molar-refractivity contribution < 1.29 is 38.8 Å². The van der Waals surface area contributed by atoms with Gasteiger partial charge in [0.25, 0.3) is 0 Å². The zero-order valence-corrected chi connectivity index (χ0v) is 25.1. The van der Waals surface area contributed by atoms with Crippen molar-refractivity contribution in [3.05, 3.63) is 22.2 Å². The molecule has 41 heavy (non-hydrogen) atoms. The van der Waals surface area contributed by atoms with Crippen LogP contribution in [0, 0.1) is 11.8 Å². The third kappa shape index (κ3) is 12.3. The molecule has 2 rings (SSSR count). The lowest BCUT2D eigenvalue weighted by Gasteiger charge is -2.25. The number of rotatable bonds is 8. The third-order valence-electron chi connectivity index (χ3n) is 5.19. The largest absolute Gasteiger partial charge is 0.460 e. The van der Waals surface area contributed by atoms with Crippen LogP contribution in [0.15, 0.2) is 11.0 Å². The Balaban J connectivity index is 0.00000411. The highest BCUT2D eigenvalue weighted by molar-refractivity contribution is 5.88. The molecule has 1 fully saturated rings. The van der Waals surface area contributed by atoms with E-state index in [9.17, 15) is 29.4 Å². The Bertz CT molecular complexity index is 1170. The maximum atomic E-state index is 12.6. The van der Waals surface area contributed by atoms with Crippen molar-refractivity contribution in [2.24, 2.45) is 0 Å². The quantitative estimate of drug-likeness (QED) is 0.255. The molecule has 0 aliphatic carbocycles. The number of aliphatic hydroxyl groups is 2. The lowest BCUT2D eigenvalue weighted by atomic mass is 10.1. The molecule has 0 radical (unpaired) electrons. The van der Waals surface area contributed by atoms with Gasteiger partial charge in [-0.15, -0.1) is 0 Å². The summed E-state index contributed by atoms with van der Waals surface area (Å²) in [6.45, 7) is 13.7. The van der Waals surface area contributed by atoms with Gasteiger partial charge in [0.1, 0.15) is 35.4 Å². The number of aromatic nitrogens is 2. The van der Waals surface area contributed by atoms with Gasteiger partial charge in [-0.1, -0.05) is 25.7 Å². The first-order chi connectivity index (χ1) is 19.0. The van der Waals surface area contributed by atoms with Crippen LogP contribution < -0.4 is 16.7 Å². The second kappa shape index (κ2) is 15.5. The highest BCUT2D eigenvalue weighted by Crippen LogP contribution is 2.27. The molecule has 1 amide bonds. The molecule has 4 atom stereocenters. The minimum absolute atomic E-state index is 0.0586. The molecule has 1 aliphatic rings. The van der Waals surface area contributed by atoms with Gasteiger partial charge in [0.2, 0.25) is 5.91 Å². The predicted octanol–water partition coefficient (Wildman–Crippen LogP) is 1.18. The fourth-order valence-electron chi connectivity index (χ4n) is 3.55. The Morgan fingerprint density at radius 1 is 1.20 bits per heavy atom. The number of carbonyl (C=O) groups excluding carboxylic acids is 3. The number of hydrogen-bond donors (Lipinski definition) is 4. The van der Waals surface area contributed by atoms with Crippen molar-refractivity contribution in [3.63, 3.8) is 0 Å². The number of amides is 1. The molecular formula is C28H44N4O9. The standard InChI is InChI=1S/C26H38N4O9.C2H6/c1-25(2,3)38-21(34)11-16(23(35)39-26(4,5)6)28-19(33)10-8-7-9-15-13-30(24(36)29-22(15)27)20-12-17(32)18(14-31)37-20;1-2/h13,16-18,20,31-32H,8,10-12,14H2,1-6H3,(H,28,33)(H2,27,29,36);1-2H3/t16?,17-,18?,20?;/m1./s1. The number of nitrogen functional groups attached to an aromatic ring is 1. The number of nitrogens with one attached hydrogen (secondary N) is 1. The maximum absolute atomic E-state index is 12.6. The molecule has 1 aromatic rings. The predicted molar refractivity (Wildman–Crippen MR) is 150 cm³/mol. The van der Waals surface area contributed by atoms with E-state index in [0.29, 0.717) is 0 Å². The van der Waals surface area contributed by atoms with Crippen LogP contribution in [0.5, 0.6) is 0 Å². The normalized spacial score (nSPS) is 19.1. The summed E-state index contributed by atoms with van der Waals surface area (Å²) in [5.74, 6) is 3.43. The lowest BCUT2D eigenvalue weighted by molar-refractivity contribution is -0.165. The summed E-state index contributed by atoms with van der Waals surface area (Å²) in [5, 5.41) is 21.7. The Hall–Kier alpha value is -3.47. The van der Waals surface area contributed by atoms with E-state index in [1.807, 2.05) is 13.8 Å². The molecule has 1 aromatic heterocycles. The van der Waals surface area contributed by atoms with Gasteiger partial charge < -0.3 is 35.5 Å². The zero-order valence-electron chi connectivity index (χ0n) is 25.1. The van der Waals surface area contributed by atoms with Gasteiger partial charge >= 0.3 is 17.6 Å². The highest BCUT2D eigenvalue weighted by Gasteiger charge is 2.35. The van der Waals surface area contributed by atoms with Gasteiger partial charge in [0.05, 0.1) is 24.7 Å². The van der Waals surface area contributed by atoms with Gasteiger partial charge in [-0.05, 0) is 41.5 Å². The minimum atomic E-state index is -1.24. The average Bonchev–Trinajstić information content (AvgIpc) is 3.21. The number of anilines is 1. The number of nitrogens with two attached hydrogens (primary N) is 1. The van der Waals surface area contributed by atoms with Crippen LogP contribution in [0.4, 0.5) is 5.82 Å². The number of carbonyl (C=O) groups is 3. The average molecular weight is 581 g/mol. The fraction of sp³-hybridized carbons (Fsp3) is 0.679. The van der Waals surface area contributed by atoms with E-state index in [4.69, 9.17) is 19.9 Å². The van der Waals surface area contributed by atoms with Crippen LogP contribution in [-0.4, -0.2) is 73.7 Å². The van der Waals surface area contributed by atoms with E-state index in [1.54, 1.807) is 41.5 Å². The molecule has 1 aliphatic heterocycles. The number of nitrogens with zero attached hydrogens (tertiary/aromatic N) is 2. The highest BCUT2D eigenvalue weighted by atomic mass is 16.6. The summed E-state index contributed by atoms with van der Waals surface area (Å²) in [4.78, 5) is 53.5. The SMILES string of the molecule is CC.CC(C)(C)OC(=O)CC(NC(=O)CCC#Cc1cn(C2C[C@@H](O)C(CO)O2)c(=O)nc1N)C(=O)OC(C)(C)C. The number of esters is 2. The molecule has 13 heteroatoms. The van der Waals surface area contributed by atoms with Crippen molar-refractivity contribution in [3.8, 4) is 11.8 Å². The van der Waals surface area contributed by atoms with Gasteiger partial charge in [-0.2, -0.15) is 4.98 Å². The number of aliphatic hydroxyl groups excluding tert-OH is 2. The molecule has 0 bridgehead atoms. The monoisotopic (exact) mass is 580 g/mol. The van der Waals surface area contributed by atoms with Crippen LogP contribution in [0.1, 0.15) is 92.9 Å². The van der Waals surface area contributed by atoms with Gasteiger partial charge in [-0.3, -0.25) is 14.2 Å². The molecule has 13 nitrogen and oxygen atoms in total. The fourth-order valence-corrected chi connectivity index (χ4v) is 3.55. The molecule has 230 valence electrons. The van der Waals surface area contributed by atoms with E-state index in [0.717, 1.165) is 4.57 Å². The molecule has 1 saturated heterocycles. The van der Waals surface area contributed by atoms with Crippen LogP contribution in [-0.2, 0) is 28.6 Å². The first-order valence-electron chi connectivity index (χ1n) is 13.5. The van der Waals surface area contributed by atoms with E-state index in [2.05, 4.69) is 22.1 Å². The number of hydrogen-bond acceptors (Lipinski definition) is 11. The topological polar surface area (TPSA) is 192 Å². The van der Waals surface area contributed by atoms with Crippen LogP contribution >= 0.6 is 0 Å². The second-order valence-corrected chi connectivity index (χ2v) is 11.1. The molecule has 3 unspecified atom stereocenters. The van der Waals surface area contributed by atoms with Crippen LogP contribution in [0.25, 0.3) is 0 Å². The smallest absolute Gasteiger partial charge is 0.351 e. The zero-order chi connectivity index (χ0) is 31.5. The Labute approximate surface area is 240 Å². The van der Waals surface area contributed by atoms with Gasteiger partial charge in [-0.25, -0.2) is 9.59 Å².